The van der Waals surface area contributed by atoms with E-state index in [0.29, 0.717) is 15.7 Å². The minimum atomic E-state index is -0.563. The maximum absolute atomic E-state index is 12.8. The molecule has 1 fully saturated rings. The van der Waals surface area contributed by atoms with Crippen LogP contribution in [0.1, 0.15) is 35.9 Å². The molecule has 3 N–H and O–H groups in total. The number of carbonyl (C=O) groups excluding carboxylic acids is 2. The summed E-state index contributed by atoms with van der Waals surface area (Å²) < 4.78 is 2.02. The molecule has 0 bridgehead atoms. The Balaban J connectivity index is 1.54. The van der Waals surface area contributed by atoms with E-state index < -0.39 is 11.2 Å². The lowest BCUT2D eigenvalue weighted by molar-refractivity contribution is -0.115. The molecular formula is C21H24N6O2S2. The van der Waals surface area contributed by atoms with Gasteiger partial charge in [0, 0.05) is 5.69 Å². The summed E-state index contributed by atoms with van der Waals surface area (Å²) in [6.07, 6.45) is 2.41. The molecule has 1 aliphatic rings. The van der Waals surface area contributed by atoms with Gasteiger partial charge in [0.1, 0.15) is 5.00 Å². The molecule has 2 aromatic heterocycles. The summed E-state index contributed by atoms with van der Waals surface area (Å²) in [5.41, 5.74) is 6.65. The number of nitrogens with zero attached hydrogens (tertiary/aromatic N) is 4. The molecule has 4 rings (SSSR count). The average Bonchev–Trinajstić information content (AvgIpc) is 3.51. The van der Waals surface area contributed by atoms with Gasteiger partial charge in [-0.15, -0.1) is 21.5 Å². The van der Waals surface area contributed by atoms with E-state index in [1.165, 1.54) is 35.9 Å². The van der Waals surface area contributed by atoms with Crippen LogP contribution in [0.15, 0.2) is 46.9 Å². The van der Waals surface area contributed by atoms with Crippen LogP contribution in [-0.4, -0.2) is 49.8 Å². The number of carbonyl (C=O) groups is 2. The smallest absolute Gasteiger partial charge is 0.251 e. The lowest BCUT2D eigenvalue weighted by atomic mass is 10.3. The van der Waals surface area contributed by atoms with Crippen molar-refractivity contribution in [2.45, 2.75) is 36.7 Å². The molecule has 0 saturated carbocycles. The van der Waals surface area contributed by atoms with Crippen molar-refractivity contribution in [3.8, 4) is 5.69 Å². The SMILES string of the molecule is CC(Sc1nnc(CN2CCCC2)n1-c1ccccc1)C(=O)Nc1sccc1C(N)=O. The molecule has 2 amide bonds. The molecule has 10 heteroatoms. The monoisotopic (exact) mass is 456 g/mol. The van der Waals surface area contributed by atoms with Gasteiger partial charge in [-0.3, -0.25) is 19.1 Å². The second kappa shape index (κ2) is 9.63. The predicted octanol–water partition coefficient (Wildman–Crippen LogP) is 3.14. The van der Waals surface area contributed by atoms with E-state index in [2.05, 4.69) is 20.4 Å². The highest BCUT2D eigenvalue weighted by molar-refractivity contribution is 8.00. The van der Waals surface area contributed by atoms with E-state index in [1.807, 2.05) is 41.8 Å². The van der Waals surface area contributed by atoms with Gasteiger partial charge < -0.3 is 11.1 Å². The molecular weight excluding hydrogens is 432 g/mol. The predicted molar refractivity (Wildman–Crippen MR) is 123 cm³/mol. The van der Waals surface area contributed by atoms with Crippen LogP contribution < -0.4 is 11.1 Å². The number of thiophene rings is 1. The Morgan fingerprint density at radius 1 is 1.19 bits per heavy atom. The maximum Gasteiger partial charge on any atom is 0.251 e. The number of thioether (sulfide) groups is 1. The van der Waals surface area contributed by atoms with Gasteiger partial charge in [-0.1, -0.05) is 30.0 Å². The molecule has 3 aromatic rings. The minimum absolute atomic E-state index is 0.223. The average molecular weight is 457 g/mol. The van der Waals surface area contributed by atoms with Crippen molar-refractivity contribution in [1.29, 1.82) is 0 Å². The number of likely N-dealkylation sites (tertiary alicyclic amines) is 1. The summed E-state index contributed by atoms with van der Waals surface area (Å²) in [4.78, 5) is 26.7. The first kappa shape index (κ1) is 21.5. The number of primary amides is 1. The van der Waals surface area contributed by atoms with E-state index in [0.717, 1.165) is 31.1 Å². The van der Waals surface area contributed by atoms with Crippen LogP contribution in [0, 0.1) is 0 Å². The fraction of sp³-hybridized carbons (Fsp3) is 0.333. The number of nitrogens with two attached hydrogens (primary N) is 1. The van der Waals surface area contributed by atoms with Crippen molar-refractivity contribution in [3.63, 3.8) is 0 Å². The third-order valence-electron chi connectivity index (χ3n) is 5.10. The largest absolute Gasteiger partial charge is 0.366 e. The molecule has 1 aliphatic heterocycles. The maximum atomic E-state index is 12.8. The number of benzene rings is 1. The van der Waals surface area contributed by atoms with E-state index in [9.17, 15) is 9.59 Å². The first-order valence-electron chi connectivity index (χ1n) is 10.1. The molecule has 1 unspecified atom stereocenters. The highest BCUT2D eigenvalue weighted by Gasteiger charge is 2.24. The zero-order valence-corrected chi connectivity index (χ0v) is 18.8. The van der Waals surface area contributed by atoms with Crippen molar-refractivity contribution in [2.24, 2.45) is 5.73 Å². The Morgan fingerprint density at radius 2 is 1.94 bits per heavy atom. The second-order valence-electron chi connectivity index (χ2n) is 7.33. The number of amides is 2. The van der Waals surface area contributed by atoms with Crippen LogP contribution in [0.2, 0.25) is 0 Å². The molecule has 3 heterocycles. The number of hydrogen-bond acceptors (Lipinski definition) is 7. The van der Waals surface area contributed by atoms with Crippen LogP contribution in [-0.2, 0) is 11.3 Å². The van der Waals surface area contributed by atoms with E-state index in [1.54, 1.807) is 11.4 Å². The summed E-state index contributed by atoms with van der Waals surface area (Å²) in [6, 6.07) is 11.5. The first-order chi connectivity index (χ1) is 15.0. The molecule has 1 saturated heterocycles. The summed E-state index contributed by atoms with van der Waals surface area (Å²) in [5, 5.41) is 14.0. The lowest BCUT2D eigenvalue weighted by Gasteiger charge is -2.17. The zero-order valence-electron chi connectivity index (χ0n) is 17.2. The topological polar surface area (TPSA) is 106 Å². The van der Waals surface area contributed by atoms with Crippen molar-refractivity contribution >= 4 is 39.9 Å². The van der Waals surface area contributed by atoms with Gasteiger partial charge in [0.05, 0.1) is 17.4 Å². The Morgan fingerprint density at radius 3 is 2.65 bits per heavy atom. The number of anilines is 1. The van der Waals surface area contributed by atoms with Gasteiger partial charge >= 0.3 is 0 Å². The summed E-state index contributed by atoms with van der Waals surface area (Å²) in [7, 11) is 0. The van der Waals surface area contributed by atoms with Crippen molar-refractivity contribution in [2.75, 3.05) is 18.4 Å². The van der Waals surface area contributed by atoms with Gasteiger partial charge in [0.15, 0.2) is 11.0 Å². The van der Waals surface area contributed by atoms with Crippen LogP contribution in [0.5, 0.6) is 0 Å². The van der Waals surface area contributed by atoms with Gasteiger partial charge in [0.2, 0.25) is 5.91 Å². The Bertz CT molecular complexity index is 1060. The number of para-hydroxylation sites is 1. The Labute approximate surface area is 188 Å². The third kappa shape index (κ3) is 4.97. The van der Waals surface area contributed by atoms with E-state index >= 15 is 0 Å². The second-order valence-corrected chi connectivity index (χ2v) is 9.55. The quantitative estimate of drug-likeness (QED) is 0.505. The highest BCUT2D eigenvalue weighted by atomic mass is 32.2. The number of aromatic nitrogens is 3. The third-order valence-corrected chi connectivity index (χ3v) is 6.97. The molecule has 0 aliphatic carbocycles. The highest BCUT2D eigenvalue weighted by Crippen LogP contribution is 2.29. The molecule has 31 heavy (non-hydrogen) atoms. The van der Waals surface area contributed by atoms with Crippen molar-refractivity contribution in [1.82, 2.24) is 19.7 Å². The standard InChI is InChI=1S/C21H24N6O2S2/c1-14(19(29)23-20-16(18(22)28)9-12-30-20)31-21-25-24-17(13-26-10-5-6-11-26)27(21)15-7-3-2-4-8-15/h2-4,7-9,12,14H,5-6,10-11,13H2,1H3,(H2,22,28)(H,23,29). The van der Waals surface area contributed by atoms with E-state index in [-0.39, 0.29) is 5.91 Å². The van der Waals surface area contributed by atoms with Crippen LogP contribution in [0.4, 0.5) is 5.00 Å². The lowest BCUT2D eigenvalue weighted by Crippen LogP contribution is -2.24. The molecule has 1 aromatic carbocycles. The fourth-order valence-electron chi connectivity index (χ4n) is 3.48. The summed E-state index contributed by atoms with van der Waals surface area (Å²) >= 11 is 2.61. The van der Waals surface area contributed by atoms with Crippen LogP contribution >= 0.6 is 23.1 Å². The van der Waals surface area contributed by atoms with Crippen molar-refractivity contribution in [3.05, 3.63) is 53.2 Å². The number of nitrogens with one attached hydrogen (secondary N) is 1. The first-order valence-corrected chi connectivity index (χ1v) is 11.9. The van der Waals surface area contributed by atoms with Gasteiger partial charge in [-0.2, -0.15) is 0 Å². The number of rotatable bonds is 8. The van der Waals surface area contributed by atoms with E-state index in [4.69, 9.17) is 5.73 Å². The van der Waals surface area contributed by atoms with Crippen LogP contribution in [0.3, 0.4) is 0 Å². The molecule has 8 nitrogen and oxygen atoms in total. The minimum Gasteiger partial charge on any atom is -0.366 e. The number of hydrogen-bond donors (Lipinski definition) is 2. The van der Waals surface area contributed by atoms with Crippen LogP contribution in [0.25, 0.3) is 5.69 Å². The fourth-order valence-corrected chi connectivity index (χ4v) is 5.16. The Hall–Kier alpha value is -2.69. The Kier molecular flexibility index (Phi) is 6.69. The molecule has 162 valence electrons. The summed E-state index contributed by atoms with van der Waals surface area (Å²) in [6.45, 7) is 4.65. The normalized spacial score (nSPS) is 15.1. The van der Waals surface area contributed by atoms with Gasteiger partial charge in [-0.25, -0.2) is 0 Å². The van der Waals surface area contributed by atoms with Gasteiger partial charge in [0.25, 0.3) is 5.91 Å². The molecule has 1 atom stereocenters. The summed E-state index contributed by atoms with van der Waals surface area (Å²) in [5.74, 6) is 0.0726. The van der Waals surface area contributed by atoms with Gasteiger partial charge in [-0.05, 0) is 56.4 Å². The van der Waals surface area contributed by atoms with Crippen molar-refractivity contribution < 1.29 is 9.59 Å². The molecule has 0 spiro atoms. The zero-order chi connectivity index (χ0) is 21.8. The molecule has 0 radical (unpaired) electrons.